The maximum absolute atomic E-state index is 13.7. The molecule has 0 aliphatic carbocycles. The smallest absolute Gasteiger partial charge is 0.416 e. The molecule has 294 valence electrons. The molecule has 0 bridgehead atoms. The van der Waals surface area contributed by atoms with Crippen molar-refractivity contribution in [1.82, 2.24) is 4.90 Å². The molecule has 4 aromatic carbocycles. The van der Waals surface area contributed by atoms with Gasteiger partial charge in [0.05, 0.1) is 51.0 Å². The Hall–Kier alpha value is -5.72. The highest BCUT2D eigenvalue weighted by Gasteiger charge is 2.34. The predicted molar refractivity (Wildman–Crippen MR) is 202 cm³/mol. The molecule has 0 radical (unpaired) electrons. The first-order valence-corrected chi connectivity index (χ1v) is 18.0. The van der Waals surface area contributed by atoms with Crippen molar-refractivity contribution in [1.29, 1.82) is 0 Å². The lowest BCUT2D eigenvalue weighted by molar-refractivity contribution is -0.138. The third-order valence-electron chi connectivity index (χ3n) is 8.80. The molecule has 0 atom stereocenters. The number of esters is 1. The zero-order valence-corrected chi connectivity index (χ0v) is 31.7. The molecule has 0 aliphatic heterocycles. The van der Waals surface area contributed by atoms with Crippen molar-refractivity contribution in [3.8, 4) is 28.7 Å². The number of halogens is 3. The van der Waals surface area contributed by atoms with Gasteiger partial charge in [0.1, 0.15) is 28.7 Å². The number of carbonyl (C=O) groups excluding carboxylic acids is 3. The Balaban J connectivity index is 1.39. The van der Waals surface area contributed by atoms with Gasteiger partial charge in [0.2, 0.25) is 5.91 Å². The number of nitrogens with zero attached hydrogens (tertiary/aromatic N) is 1. The molecule has 0 heterocycles. The summed E-state index contributed by atoms with van der Waals surface area (Å²) in [7, 11) is 4.09. The van der Waals surface area contributed by atoms with Crippen LogP contribution in [-0.2, 0) is 23.9 Å². The molecular weight excluding hydrogens is 717 g/mol. The second-order valence-electron chi connectivity index (χ2n) is 12.6. The summed E-state index contributed by atoms with van der Waals surface area (Å²) in [6.07, 6.45) is 0.462. The van der Waals surface area contributed by atoms with Crippen LogP contribution in [0.1, 0.15) is 83.4 Å². The van der Waals surface area contributed by atoms with E-state index in [4.69, 9.17) is 23.7 Å². The van der Waals surface area contributed by atoms with Crippen LogP contribution in [0.3, 0.4) is 0 Å². The maximum atomic E-state index is 13.7. The van der Waals surface area contributed by atoms with Gasteiger partial charge in [0.25, 0.3) is 5.91 Å². The molecule has 13 heteroatoms. The highest BCUT2D eigenvalue weighted by atomic mass is 19.4. The molecule has 4 rings (SSSR count). The Morgan fingerprint density at radius 3 is 2.04 bits per heavy atom. The molecule has 0 aliphatic rings. The number of unbranched alkanes of at least 4 members (excludes halogenated alkanes) is 4. The van der Waals surface area contributed by atoms with E-state index < -0.39 is 30.0 Å². The van der Waals surface area contributed by atoms with Crippen molar-refractivity contribution in [3.63, 3.8) is 0 Å². The van der Waals surface area contributed by atoms with Gasteiger partial charge in [-0.1, -0.05) is 38.7 Å². The van der Waals surface area contributed by atoms with Crippen molar-refractivity contribution in [2.75, 3.05) is 39.8 Å². The van der Waals surface area contributed by atoms with Crippen LogP contribution in [0.2, 0.25) is 0 Å². The van der Waals surface area contributed by atoms with Crippen LogP contribution >= 0.6 is 0 Å². The molecule has 0 saturated carbocycles. The summed E-state index contributed by atoms with van der Waals surface area (Å²) in [4.78, 5) is 41.0. The minimum absolute atomic E-state index is 0.0193. The number of hydrogen-bond acceptors (Lipinski definition) is 8. The van der Waals surface area contributed by atoms with Crippen LogP contribution in [0, 0.1) is 0 Å². The van der Waals surface area contributed by atoms with E-state index in [0.29, 0.717) is 35.8 Å². The Bertz CT molecular complexity index is 1910. The third kappa shape index (κ3) is 11.9. The Kier molecular flexibility index (Phi) is 15.4. The Labute approximate surface area is 319 Å². The van der Waals surface area contributed by atoms with Gasteiger partial charge in [0, 0.05) is 36.5 Å². The lowest BCUT2D eigenvalue weighted by atomic mass is 10.0. The second kappa shape index (κ2) is 20.1. The van der Waals surface area contributed by atoms with Crippen LogP contribution in [-0.4, -0.2) is 57.2 Å². The number of hydrogen-bond donors (Lipinski definition) is 1. The number of rotatable bonds is 19. The fourth-order valence-electron chi connectivity index (χ4n) is 5.80. The predicted octanol–water partition coefficient (Wildman–Crippen LogP) is 9.14. The van der Waals surface area contributed by atoms with E-state index in [9.17, 15) is 27.6 Å². The molecule has 2 amide bonds. The van der Waals surface area contributed by atoms with Gasteiger partial charge in [0.15, 0.2) is 0 Å². The average Bonchev–Trinajstić information content (AvgIpc) is 3.18. The zero-order valence-electron chi connectivity index (χ0n) is 31.7. The lowest BCUT2D eigenvalue weighted by Crippen LogP contribution is -2.30. The molecule has 0 spiro atoms. The second-order valence-corrected chi connectivity index (χ2v) is 12.6. The summed E-state index contributed by atoms with van der Waals surface area (Å²) in [5.41, 5.74) is 0.242. The zero-order chi connectivity index (χ0) is 40.0. The van der Waals surface area contributed by atoms with Crippen molar-refractivity contribution in [3.05, 3.63) is 107 Å². The summed E-state index contributed by atoms with van der Waals surface area (Å²) in [6, 6.07) is 19.4. The quantitative estimate of drug-likeness (QED) is 0.0572. The molecular formula is C42H47F3N2O8. The Morgan fingerprint density at radius 2 is 1.38 bits per heavy atom. The number of anilines is 1. The third-order valence-corrected chi connectivity index (χ3v) is 8.80. The molecule has 0 unspecified atom stereocenters. The molecule has 0 fully saturated rings. The number of ether oxygens (including phenoxy) is 5. The van der Waals surface area contributed by atoms with Crippen molar-refractivity contribution in [2.24, 2.45) is 0 Å². The van der Waals surface area contributed by atoms with Gasteiger partial charge in [-0.25, -0.2) is 4.79 Å². The van der Waals surface area contributed by atoms with Gasteiger partial charge >= 0.3 is 12.1 Å². The van der Waals surface area contributed by atoms with Crippen LogP contribution < -0.4 is 29.0 Å². The Morgan fingerprint density at radius 1 is 0.709 bits per heavy atom. The molecule has 55 heavy (non-hydrogen) atoms. The van der Waals surface area contributed by atoms with E-state index >= 15 is 0 Å². The van der Waals surface area contributed by atoms with Gasteiger partial charge in [-0.05, 0) is 79.6 Å². The van der Waals surface area contributed by atoms with Crippen LogP contribution in [0.25, 0.3) is 0 Å². The van der Waals surface area contributed by atoms with Gasteiger partial charge in [-0.2, -0.15) is 13.2 Å². The first-order valence-electron chi connectivity index (χ1n) is 18.0. The standard InChI is InChI=1S/C42H47F3N2O8/c1-6-8-9-10-11-22-54-32-17-12-28(13-18-32)41(50)55-34-20-15-30(37(26-34)52-4)27-47(7-2)40(49)35-21-16-31(24-38(35)53-5)46-39(48)23-29-14-19-33(51-3)25-36(29)42(43,44)45/h12-21,24-26H,6-11,22-23,27H2,1-5H3,(H,46,48). The molecule has 10 nitrogen and oxygen atoms in total. The highest BCUT2D eigenvalue weighted by molar-refractivity contribution is 5.99. The molecule has 4 aromatic rings. The first kappa shape index (κ1) is 42.0. The van der Waals surface area contributed by atoms with E-state index in [2.05, 4.69) is 12.2 Å². The van der Waals surface area contributed by atoms with Gasteiger partial charge < -0.3 is 33.9 Å². The first-order chi connectivity index (χ1) is 26.4. The van der Waals surface area contributed by atoms with Crippen LogP contribution in [0.4, 0.5) is 18.9 Å². The van der Waals surface area contributed by atoms with Crippen molar-refractivity contribution < 1.29 is 51.2 Å². The fourth-order valence-corrected chi connectivity index (χ4v) is 5.80. The topological polar surface area (TPSA) is 113 Å². The SMILES string of the molecule is CCCCCCCOc1ccc(C(=O)Oc2ccc(CN(CC)C(=O)c3ccc(NC(=O)Cc4ccc(OC)cc4C(F)(F)F)cc3OC)c(OC)c2)cc1. The minimum Gasteiger partial charge on any atom is -0.497 e. The number of benzene rings is 4. The normalized spacial score (nSPS) is 11.1. The van der Waals surface area contributed by atoms with E-state index in [0.717, 1.165) is 18.9 Å². The maximum Gasteiger partial charge on any atom is 0.416 e. The van der Waals surface area contributed by atoms with E-state index in [1.165, 1.54) is 70.9 Å². The number of methoxy groups -OCH3 is 3. The van der Waals surface area contributed by atoms with Crippen LogP contribution in [0.15, 0.2) is 78.9 Å². The van der Waals surface area contributed by atoms with Gasteiger partial charge in [-0.3, -0.25) is 9.59 Å². The number of carbonyl (C=O) groups is 3. The summed E-state index contributed by atoms with van der Waals surface area (Å²) < 4.78 is 68.3. The lowest BCUT2D eigenvalue weighted by Gasteiger charge is -2.23. The van der Waals surface area contributed by atoms with Crippen molar-refractivity contribution >= 4 is 23.5 Å². The van der Waals surface area contributed by atoms with E-state index in [1.807, 2.05) is 0 Å². The number of alkyl halides is 3. The summed E-state index contributed by atoms with van der Waals surface area (Å²) in [6.45, 7) is 5.04. The summed E-state index contributed by atoms with van der Waals surface area (Å²) in [5.74, 6) is -0.122. The van der Waals surface area contributed by atoms with E-state index in [-0.39, 0.29) is 46.5 Å². The molecule has 1 N–H and O–H groups in total. The highest BCUT2D eigenvalue weighted by Crippen LogP contribution is 2.35. The largest absolute Gasteiger partial charge is 0.497 e. The van der Waals surface area contributed by atoms with E-state index in [1.54, 1.807) is 54.3 Å². The monoisotopic (exact) mass is 764 g/mol. The van der Waals surface area contributed by atoms with Crippen molar-refractivity contribution in [2.45, 2.75) is 65.1 Å². The number of nitrogens with one attached hydrogen (secondary N) is 1. The minimum atomic E-state index is -4.68. The molecule has 0 saturated heterocycles. The van der Waals surface area contributed by atoms with Gasteiger partial charge in [-0.15, -0.1) is 0 Å². The summed E-state index contributed by atoms with van der Waals surface area (Å²) in [5, 5.41) is 2.58. The fraction of sp³-hybridized carbons (Fsp3) is 0.357. The molecule has 0 aromatic heterocycles. The van der Waals surface area contributed by atoms with Crippen LogP contribution in [0.5, 0.6) is 28.7 Å². The summed E-state index contributed by atoms with van der Waals surface area (Å²) >= 11 is 0. The average molecular weight is 765 g/mol. The number of amides is 2.